The first-order valence-corrected chi connectivity index (χ1v) is 8.61. The third-order valence-electron chi connectivity index (χ3n) is 4.55. The van der Waals surface area contributed by atoms with Gasteiger partial charge in [-0.25, -0.2) is 4.79 Å². The number of amides is 1. The fourth-order valence-corrected chi connectivity index (χ4v) is 3.33. The molecule has 1 amide bonds. The average Bonchev–Trinajstić information content (AvgIpc) is 3.01. The highest BCUT2D eigenvalue weighted by molar-refractivity contribution is 5.71. The van der Waals surface area contributed by atoms with E-state index in [0.29, 0.717) is 11.3 Å². The van der Waals surface area contributed by atoms with Gasteiger partial charge in [-0.2, -0.15) is 10.4 Å². The maximum absolute atomic E-state index is 11.0. The van der Waals surface area contributed by atoms with Crippen molar-refractivity contribution in [2.45, 2.75) is 37.8 Å². The van der Waals surface area contributed by atoms with Crippen LogP contribution in [0.1, 0.15) is 31.2 Å². The summed E-state index contributed by atoms with van der Waals surface area (Å²) in [5.41, 5.74) is 2.86. The number of nitrogens with one attached hydrogen (secondary N) is 3. The number of anilines is 3. The Morgan fingerprint density at radius 1 is 1.31 bits per heavy atom. The first kappa shape index (κ1) is 17.6. The standard InChI is InChI=1S/C18H22N6O2/c1-24-11-14(10-20-24)22-17-8-13(7-6-12(17)9-19)21-15-4-2-3-5-16(15)23-18(25)26/h6-8,10-11,15-16,21-23H,2-5H2,1H3,(H,25,26)/t15-,16+/m1/s1. The Hall–Kier alpha value is -3.21. The van der Waals surface area contributed by atoms with Crippen LogP contribution in [-0.2, 0) is 7.05 Å². The maximum Gasteiger partial charge on any atom is 0.404 e. The second-order valence-electron chi connectivity index (χ2n) is 6.49. The van der Waals surface area contributed by atoms with Gasteiger partial charge in [0, 0.05) is 25.0 Å². The van der Waals surface area contributed by atoms with E-state index in [9.17, 15) is 10.1 Å². The molecule has 0 unspecified atom stereocenters. The van der Waals surface area contributed by atoms with Crippen LogP contribution in [0.3, 0.4) is 0 Å². The van der Waals surface area contributed by atoms with Gasteiger partial charge in [-0.15, -0.1) is 0 Å². The lowest BCUT2D eigenvalue weighted by molar-refractivity contribution is 0.184. The van der Waals surface area contributed by atoms with Crippen molar-refractivity contribution in [2.24, 2.45) is 7.05 Å². The minimum Gasteiger partial charge on any atom is -0.465 e. The first-order valence-electron chi connectivity index (χ1n) is 8.61. The highest BCUT2D eigenvalue weighted by Crippen LogP contribution is 2.27. The lowest BCUT2D eigenvalue weighted by Crippen LogP contribution is -2.48. The molecule has 0 radical (unpaired) electrons. The molecule has 136 valence electrons. The lowest BCUT2D eigenvalue weighted by Gasteiger charge is -2.32. The summed E-state index contributed by atoms with van der Waals surface area (Å²) in [7, 11) is 1.83. The van der Waals surface area contributed by atoms with Crippen LogP contribution in [0.15, 0.2) is 30.6 Å². The van der Waals surface area contributed by atoms with Gasteiger partial charge >= 0.3 is 6.09 Å². The second-order valence-corrected chi connectivity index (χ2v) is 6.49. The summed E-state index contributed by atoms with van der Waals surface area (Å²) in [5, 5.41) is 31.7. The molecule has 1 aliphatic rings. The van der Waals surface area contributed by atoms with Gasteiger partial charge in [0.05, 0.1) is 29.2 Å². The van der Waals surface area contributed by atoms with Crippen LogP contribution in [0.2, 0.25) is 0 Å². The van der Waals surface area contributed by atoms with E-state index in [1.165, 1.54) is 0 Å². The molecule has 0 saturated heterocycles. The van der Waals surface area contributed by atoms with Gasteiger partial charge in [-0.3, -0.25) is 4.68 Å². The fraction of sp³-hybridized carbons (Fsp3) is 0.389. The van der Waals surface area contributed by atoms with E-state index >= 15 is 0 Å². The summed E-state index contributed by atoms with van der Waals surface area (Å²) in [6.07, 6.45) is 6.32. The van der Waals surface area contributed by atoms with Crippen LogP contribution in [-0.4, -0.2) is 33.1 Å². The highest BCUT2D eigenvalue weighted by Gasteiger charge is 2.26. The summed E-state index contributed by atoms with van der Waals surface area (Å²) >= 11 is 0. The number of hydrogen-bond acceptors (Lipinski definition) is 5. The molecule has 0 aliphatic heterocycles. The van der Waals surface area contributed by atoms with E-state index in [1.807, 2.05) is 25.4 Å². The van der Waals surface area contributed by atoms with Crippen LogP contribution >= 0.6 is 0 Å². The number of nitrogens with zero attached hydrogens (tertiary/aromatic N) is 3. The zero-order valence-electron chi connectivity index (χ0n) is 14.6. The number of aromatic nitrogens is 2. The number of rotatable bonds is 5. The molecular formula is C18H22N6O2. The van der Waals surface area contributed by atoms with Crippen LogP contribution < -0.4 is 16.0 Å². The molecule has 1 aromatic carbocycles. The largest absolute Gasteiger partial charge is 0.465 e. The van der Waals surface area contributed by atoms with Crippen molar-refractivity contribution in [2.75, 3.05) is 10.6 Å². The second kappa shape index (κ2) is 7.78. The topological polar surface area (TPSA) is 115 Å². The van der Waals surface area contributed by atoms with E-state index in [2.05, 4.69) is 27.1 Å². The van der Waals surface area contributed by atoms with E-state index in [4.69, 9.17) is 5.11 Å². The number of benzene rings is 1. The Morgan fingerprint density at radius 3 is 2.73 bits per heavy atom. The van der Waals surface area contributed by atoms with Crippen molar-refractivity contribution in [1.29, 1.82) is 5.26 Å². The molecule has 1 aromatic heterocycles. The number of hydrogen-bond donors (Lipinski definition) is 4. The molecule has 8 heteroatoms. The Bertz CT molecular complexity index is 825. The molecule has 8 nitrogen and oxygen atoms in total. The van der Waals surface area contributed by atoms with Gasteiger partial charge in [0.2, 0.25) is 0 Å². The predicted molar refractivity (Wildman–Crippen MR) is 98.5 cm³/mol. The van der Waals surface area contributed by atoms with Crippen molar-refractivity contribution in [3.8, 4) is 6.07 Å². The molecule has 1 aliphatic carbocycles. The minimum absolute atomic E-state index is 0.0269. The number of carbonyl (C=O) groups is 1. The van der Waals surface area contributed by atoms with Crippen molar-refractivity contribution < 1.29 is 9.90 Å². The molecule has 2 aromatic rings. The Balaban J connectivity index is 1.78. The predicted octanol–water partition coefficient (Wildman–Crippen LogP) is 3.03. The zero-order chi connectivity index (χ0) is 18.5. The third kappa shape index (κ3) is 4.25. The molecule has 1 saturated carbocycles. The van der Waals surface area contributed by atoms with Gasteiger partial charge < -0.3 is 21.1 Å². The van der Waals surface area contributed by atoms with E-state index in [1.54, 1.807) is 16.9 Å². The fourth-order valence-electron chi connectivity index (χ4n) is 3.33. The van der Waals surface area contributed by atoms with E-state index in [-0.39, 0.29) is 12.1 Å². The van der Waals surface area contributed by atoms with Crippen molar-refractivity contribution >= 4 is 23.2 Å². The smallest absolute Gasteiger partial charge is 0.404 e. The van der Waals surface area contributed by atoms with Crippen molar-refractivity contribution in [1.82, 2.24) is 15.1 Å². The number of aryl methyl sites for hydroxylation is 1. The van der Waals surface area contributed by atoms with Crippen LogP contribution in [0.5, 0.6) is 0 Å². The molecule has 0 bridgehead atoms. The molecule has 3 rings (SSSR count). The summed E-state index contributed by atoms with van der Waals surface area (Å²) in [5.74, 6) is 0. The molecule has 1 fully saturated rings. The quantitative estimate of drug-likeness (QED) is 0.656. The van der Waals surface area contributed by atoms with Gasteiger partial charge in [0.1, 0.15) is 6.07 Å². The lowest BCUT2D eigenvalue weighted by atomic mass is 9.90. The average molecular weight is 354 g/mol. The van der Waals surface area contributed by atoms with E-state index in [0.717, 1.165) is 37.1 Å². The zero-order valence-corrected chi connectivity index (χ0v) is 14.6. The number of carboxylic acid groups (broad SMARTS) is 1. The van der Waals surface area contributed by atoms with Gasteiger partial charge in [0.15, 0.2) is 0 Å². The van der Waals surface area contributed by atoms with Crippen LogP contribution in [0.25, 0.3) is 0 Å². The first-order chi connectivity index (χ1) is 12.5. The normalized spacial score (nSPS) is 19.4. The van der Waals surface area contributed by atoms with Crippen LogP contribution in [0.4, 0.5) is 21.9 Å². The maximum atomic E-state index is 11.0. The van der Waals surface area contributed by atoms with Gasteiger partial charge in [-0.05, 0) is 31.0 Å². The summed E-state index contributed by atoms with van der Waals surface area (Å²) in [6.45, 7) is 0. The van der Waals surface area contributed by atoms with E-state index < -0.39 is 6.09 Å². The Kier molecular flexibility index (Phi) is 5.27. The SMILES string of the molecule is Cn1cc(Nc2cc(N[C@@H]3CCCC[C@@H]3NC(=O)O)ccc2C#N)cn1. The monoisotopic (exact) mass is 354 g/mol. The van der Waals surface area contributed by atoms with Gasteiger partial charge in [0.25, 0.3) is 0 Å². The summed E-state index contributed by atoms with van der Waals surface area (Å²) < 4.78 is 1.68. The van der Waals surface area contributed by atoms with Crippen LogP contribution in [0, 0.1) is 11.3 Å². The minimum atomic E-state index is -0.998. The summed E-state index contributed by atoms with van der Waals surface area (Å²) in [4.78, 5) is 11.0. The molecule has 26 heavy (non-hydrogen) atoms. The molecule has 1 heterocycles. The Morgan fingerprint density at radius 2 is 2.08 bits per heavy atom. The highest BCUT2D eigenvalue weighted by atomic mass is 16.4. The molecular weight excluding hydrogens is 332 g/mol. The molecule has 2 atom stereocenters. The molecule has 0 spiro atoms. The number of nitriles is 1. The Labute approximate surface area is 151 Å². The third-order valence-corrected chi connectivity index (χ3v) is 4.55. The summed E-state index contributed by atoms with van der Waals surface area (Å²) in [6, 6.07) is 7.56. The van der Waals surface area contributed by atoms with Crippen molar-refractivity contribution in [3.05, 3.63) is 36.2 Å². The molecule has 4 N–H and O–H groups in total. The van der Waals surface area contributed by atoms with Gasteiger partial charge in [-0.1, -0.05) is 12.8 Å². The van der Waals surface area contributed by atoms with Crippen molar-refractivity contribution in [3.63, 3.8) is 0 Å².